The van der Waals surface area contributed by atoms with Gasteiger partial charge in [0.25, 0.3) is 11.8 Å². The standard InChI is InChI=1S/C17H21N3O5S/c1-23-14-7-3-4-8-15(14)26(21,22)20-11-5-6-13(12-20)25-17-16(24-2)18-9-10-19-17/h3-4,7-10,13H,5-6,11-12H2,1-2H3. The van der Waals surface area contributed by atoms with Gasteiger partial charge in [0.05, 0.1) is 20.8 Å². The molecule has 0 bridgehead atoms. The number of sulfonamides is 1. The number of nitrogens with zero attached hydrogens (tertiary/aromatic N) is 3. The zero-order valence-electron chi connectivity index (χ0n) is 14.7. The first kappa shape index (κ1) is 18.4. The summed E-state index contributed by atoms with van der Waals surface area (Å²) in [5.74, 6) is 0.861. The molecule has 0 spiro atoms. The Labute approximate surface area is 152 Å². The minimum absolute atomic E-state index is 0.153. The Morgan fingerprint density at radius 3 is 2.54 bits per heavy atom. The third-order valence-electron chi connectivity index (χ3n) is 4.13. The van der Waals surface area contributed by atoms with Crippen LogP contribution < -0.4 is 14.2 Å². The Bertz CT molecular complexity index is 859. The van der Waals surface area contributed by atoms with Gasteiger partial charge in [-0.05, 0) is 25.0 Å². The molecule has 140 valence electrons. The van der Waals surface area contributed by atoms with E-state index in [-0.39, 0.29) is 29.3 Å². The topological polar surface area (TPSA) is 90.9 Å². The van der Waals surface area contributed by atoms with Crippen molar-refractivity contribution in [3.05, 3.63) is 36.7 Å². The lowest BCUT2D eigenvalue weighted by Crippen LogP contribution is -2.44. The van der Waals surface area contributed by atoms with Crippen LogP contribution in [0.4, 0.5) is 0 Å². The first-order chi connectivity index (χ1) is 12.6. The van der Waals surface area contributed by atoms with Crippen molar-refractivity contribution >= 4 is 10.0 Å². The number of methoxy groups -OCH3 is 2. The Morgan fingerprint density at radius 2 is 1.81 bits per heavy atom. The van der Waals surface area contributed by atoms with Gasteiger partial charge in [-0.1, -0.05) is 12.1 Å². The van der Waals surface area contributed by atoms with Crippen molar-refractivity contribution in [1.82, 2.24) is 14.3 Å². The minimum atomic E-state index is -3.68. The first-order valence-electron chi connectivity index (χ1n) is 8.21. The van der Waals surface area contributed by atoms with Gasteiger partial charge >= 0.3 is 0 Å². The molecule has 0 radical (unpaired) electrons. The zero-order chi connectivity index (χ0) is 18.6. The first-order valence-corrected chi connectivity index (χ1v) is 9.65. The van der Waals surface area contributed by atoms with E-state index in [9.17, 15) is 8.42 Å². The van der Waals surface area contributed by atoms with Crippen molar-refractivity contribution in [2.24, 2.45) is 0 Å². The highest BCUT2D eigenvalue weighted by atomic mass is 32.2. The molecule has 9 heteroatoms. The Hall–Kier alpha value is -2.39. The Kier molecular flexibility index (Phi) is 5.58. The van der Waals surface area contributed by atoms with Crippen LogP contribution in [-0.4, -0.2) is 56.1 Å². The molecule has 0 aliphatic carbocycles. The molecular weight excluding hydrogens is 358 g/mol. The molecule has 1 aliphatic heterocycles. The molecular formula is C17H21N3O5S. The molecule has 1 saturated heterocycles. The lowest BCUT2D eigenvalue weighted by Gasteiger charge is -2.32. The molecule has 0 N–H and O–H groups in total. The summed E-state index contributed by atoms with van der Waals surface area (Å²) in [6.07, 6.45) is 4.08. The van der Waals surface area contributed by atoms with Gasteiger partial charge in [-0.3, -0.25) is 0 Å². The number of benzene rings is 1. The summed E-state index contributed by atoms with van der Waals surface area (Å²) in [6.45, 7) is 0.651. The quantitative estimate of drug-likeness (QED) is 0.755. The van der Waals surface area contributed by atoms with Crippen LogP contribution in [-0.2, 0) is 10.0 Å². The molecule has 8 nitrogen and oxygen atoms in total. The molecule has 2 heterocycles. The highest BCUT2D eigenvalue weighted by Crippen LogP contribution is 2.30. The van der Waals surface area contributed by atoms with Crippen molar-refractivity contribution in [2.45, 2.75) is 23.8 Å². The largest absolute Gasteiger partial charge is 0.495 e. The van der Waals surface area contributed by atoms with Gasteiger partial charge in [0.15, 0.2) is 0 Å². The second-order valence-electron chi connectivity index (χ2n) is 5.77. The monoisotopic (exact) mass is 379 g/mol. The fraction of sp³-hybridized carbons (Fsp3) is 0.412. The van der Waals surface area contributed by atoms with E-state index >= 15 is 0 Å². The van der Waals surface area contributed by atoms with E-state index in [1.807, 2.05) is 0 Å². The zero-order valence-corrected chi connectivity index (χ0v) is 15.5. The van der Waals surface area contributed by atoms with Crippen molar-refractivity contribution in [2.75, 3.05) is 27.3 Å². The van der Waals surface area contributed by atoms with Crippen LogP contribution in [0.3, 0.4) is 0 Å². The number of para-hydroxylation sites is 1. The molecule has 1 unspecified atom stereocenters. The molecule has 1 aromatic heterocycles. The van der Waals surface area contributed by atoms with E-state index in [4.69, 9.17) is 14.2 Å². The minimum Gasteiger partial charge on any atom is -0.495 e. The second-order valence-corrected chi connectivity index (χ2v) is 7.67. The highest BCUT2D eigenvalue weighted by molar-refractivity contribution is 7.89. The maximum Gasteiger partial charge on any atom is 0.278 e. The van der Waals surface area contributed by atoms with E-state index in [1.54, 1.807) is 24.3 Å². The SMILES string of the molecule is COc1ccccc1S(=O)(=O)N1CCCC(Oc2nccnc2OC)C1. The summed E-state index contributed by atoms with van der Waals surface area (Å²) in [5, 5.41) is 0. The summed E-state index contributed by atoms with van der Waals surface area (Å²) < 4.78 is 43.7. The number of hydrogen-bond acceptors (Lipinski definition) is 7. The smallest absolute Gasteiger partial charge is 0.278 e. The lowest BCUT2D eigenvalue weighted by molar-refractivity contribution is 0.119. The summed E-state index contributed by atoms with van der Waals surface area (Å²) >= 11 is 0. The molecule has 1 aliphatic rings. The van der Waals surface area contributed by atoms with Crippen LogP contribution in [0.1, 0.15) is 12.8 Å². The van der Waals surface area contributed by atoms with E-state index in [0.717, 1.165) is 6.42 Å². The van der Waals surface area contributed by atoms with Gasteiger partial charge in [0.2, 0.25) is 10.0 Å². The average Bonchev–Trinajstić information content (AvgIpc) is 2.68. The van der Waals surface area contributed by atoms with Crippen molar-refractivity contribution in [1.29, 1.82) is 0 Å². The fourth-order valence-corrected chi connectivity index (χ4v) is 4.55. The molecule has 26 heavy (non-hydrogen) atoms. The fourth-order valence-electron chi connectivity index (χ4n) is 2.88. The molecule has 1 atom stereocenters. The summed E-state index contributed by atoms with van der Waals surface area (Å²) in [5.41, 5.74) is 0. The lowest BCUT2D eigenvalue weighted by atomic mass is 10.1. The molecule has 0 amide bonds. The van der Waals surface area contributed by atoms with Crippen LogP contribution in [0.15, 0.2) is 41.6 Å². The van der Waals surface area contributed by atoms with Gasteiger partial charge in [0.1, 0.15) is 16.7 Å². The number of aromatic nitrogens is 2. The van der Waals surface area contributed by atoms with Crippen molar-refractivity contribution < 1.29 is 22.6 Å². The number of piperidine rings is 1. The second kappa shape index (κ2) is 7.88. The highest BCUT2D eigenvalue weighted by Gasteiger charge is 2.33. The maximum atomic E-state index is 13.0. The van der Waals surface area contributed by atoms with Crippen LogP contribution in [0.25, 0.3) is 0 Å². The van der Waals surface area contributed by atoms with Crippen LogP contribution in [0, 0.1) is 0 Å². The molecule has 0 saturated carbocycles. The van der Waals surface area contributed by atoms with Gasteiger partial charge < -0.3 is 14.2 Å². The van der Waals surface area contributed by atoms with Crippen LogP contribution >= 0.6 is 0 Å². The molecule has 2 aromatic rings. The van der Waals surface area contributed by atoms with E-state index in [0.29, 0.717) is 18.7 Å². The third-order valence-corrected chi connectivity index (χ3v) is 6.04. The number of rotatable bonds is 6. The normalized spacial score (nSPS) is 18.3. The number of ether oxygens (including phenoxy) is 3. The van der Waals surface area contributed by atoms with Crippen LogP contribution in [0.2, 0.25) is 0 Å². The Morgan fingerprint density at radius 1 is 1.08 bits per heavy atom. The molecule has 3 rings (SSSR count). The maximum absolute atomic E-state index is 13.0. The van der Waals surface area contributed by atoms with Crippen molar-refractivity contribution in [3.8, 4) is 17.5 Å². The van der Waals surface area contributed by atoms with E-state index < -0.39 is 10.0 Å². The van der Waals surface area contributed by atoms with Gasteiger partial charge in [-0.2, -0.15) is 4.31 Å². The summed E-state index contributed by atoms with van der Waals surface area (Å²) in [7, 11) is -0.747. The predicted molar refractivity (Wildman–Crippen MR) is 94.0 cm³/mol. The van der Waals surface area contributed by atoms with Gasteiger partial charge in [-0.15, -0.1) is 0 Å². The summed E-state index contributed by atoms with van der Waals surface area (Å²) in [4.78, 5) is 8.31. The number of hydrogen-bond donors (Lipinski definition) is 0. The summed E-state index contributed by atoms with van der Waals surface area (Å²) in [6, 6.07) is 6.59. The average molecular weight is 379 g/mol. The Balaban J connectivity index is 1.79. The van der Waals surface area contributed by atoms with E-state index in [2.05, 4.69) is 9.97 Å². The van der Waals surface area contributed by atoms with Crippen molar-refractivity contribution in [3.63, 3.8) is 0 Å². The van der Waals surface area contributed by atoms with Crippen LogP contribution in [0.5, 0.6) is 17.5 Å². The van der Waals surface area contributed by atoms with E-state index in [1.165, 1.54) is 30.9 Å². The van der Waals surface area contributed by atoms with Gasteiger partial charge in [-0.25, -0.2) is 18.4 Å². The van der Waals surface area contributed by atoms with Gasteiger partial charge in [0, 0.05) is 18.9 Å². The molecule has 1 aromatic carbocycles. The molecule has 1 fully saturated rings. The third kappa shape index (κ3) is 3.73. The predicted octanol–water partition coefficient (Wildman–Crippen LogP) is 1.73.